The van der Waals surface area contributed by atoms with Crippen molar-refractivity contribution < 1.29 is 4.79 Å². The zero-order valence-electron chi connectivity index (χ0n) is 16.3. The fourth-order valence-electron chi connectivity index (χ4n) is 3.28. The van der Waals surface area contributed by atoms with Crippen LogP contribution in [0.4, 0.5) is 5.69 Å². The van der Waals surface area contributed by atoms with Gasteiger partial charge in [-0.1, -0.05) is 58.5 Å². The number of aryl methyl sites for hydroxylation is 1. The highest BCUT2D eigenvalue weighted by Crippen LogP contribution is 2.36. The third-order valence-electron chi connectivity index (χ3n) is 4.73. The number of aromatic nitrogens is 1. The Labute approximate surface area is 203 Å². The Bertz CT molecular complexity index is 1280. The Morgan fingerprint density at radius 3 is 2.42 bits per heavy atom. The van der Waals surface area contributed by atoms with Crippen molar-refractivity contribution in [3.8, 4) is 5.69 Å². The third-order valence-corrected chi connectivity index (χ3v) is 7.26. The summed E-state index contributed by atoms with van der Waals surface area (Å²) in [7, 11) is 0. The molecule has 2 heterocycles. The number of benzene rings is 2. The lowest BCUT2D eigenvalue weighted by Crippen LogP contribution is -2.19. The van der Waals surface area contributed by atoms with Gasteiger partial charge in [-0.15, -0.1) is 0 Å². The summed E-state index contributed by atoms with van der Waals surface area (Å²) in [5, 5.41) is 4.91. The van der Waals surface area contributed by atoms with E-state index in [1.54, 1.807) is 24.3 Å². The first-order chi connectivity index (χ1) is 14.8. The second-order valence-electron chi connectivity index (χ2n) is 6.79. The summed E-state index contributed by atoms with van der Waals surface area (Å²) in [6.07, 6.45) is 1.83. The predicted molar refractivity (Wildman–Crippen MR) is 133 cm³/mol. The highest BCUT2D eigenvalue weighted by molar-refractivity contribution is 8.18. The lowest BCUT2D eigenvalue weighted by atomic mass is 10.2. The second kappa shape index (κ2) is 8.93. The molecule has 4 rings (SSSR count). The molecule has 1 amide bonds. The van der Waals surface area contributed by atoms with Gasteiger partial charge in [-0.2, -0.15) is 0 Å². The molecule has 1 saturated heterocycles. The molecular weight excluding hydrogens is 496 g/mol. The minimum Gasteiger partial charge on any atom is -0.316 e. The van der Waals surface area contributed by atoms with E-state index < -0.39 is 0 Å². The van der Waals surface area contributed by atoms with Gasteiger partial charge in [-0.25, -0.2) is 4.99 Å². The van der Waals surface area contributed by atoms with Crippen molar-refractivity contribution >= 4 is 81.0 Å². The topological polar surface area (TPSA) is 46.4 Å². The summed E-state index contributed by atoms with van der Waals surface area (Å²) < 4.78 is 2.01. The van der Waals surface area contributed by atoms with Crippen LogP contribution in [0.1, 0.15) is 17.0 Å². The molecule has 0 bridgehead atoms. The molecule has 0 saturated carbocycles. The van der Waals surface area contributed by atoms with E-state index in [1.165, 1.54) is 11.8 Å². The number of hydrogen-bond acceptors (Lipinski definition) is 3. The molecule has 1 fully saturated rings. The van der Waals surface area contributed by atoms with Crippen LogP contribution in [-0.2, 0) is 4.79 Å². The van der Waals surface area contributed by atoms with E-state index in [0.29, 0.717) is 35.9 Å². The molecule has 158 valence electrons. The van der Waals surface area contributed by atoms with Crippen molar-refractivity contribution in [2.24, 2.45) is 4.99 Å². The molecule has 1 aliphatic rings. The normalized spacial score (nSPS) is 16.4. The quantitative estimate of drug-likeness (QED) is 0.368. The number of carbonyl (C=O) groups excluding carboxylic acids is 1. The molecular formula is C22H15Cl4N3OS. The number of rotatable bonds is 3. The number of nitrogens with one attached hydrogen (secondary N) is 1. The first-order valence-electron chi connectivity index (χ1n) is 9.13. The van der Waals surface area contributed by atoms with Crippen molar-refractivity contribution in [1.82, 2.24) is 9.88 Å². The van der Waals surface area contributed by atoms with Crippen LogP contribution in [0, 0.1) is 13.8 Å². The molecule has 9 heteroatoms. The van der Waals surface area contributed by atoms with Crippen LogP contribution in [0.25, 0.3) is 11.8 Å². The summed E-state index contributed by atoms with van der Waals surface area (Å²) in [5.74, 6) is -0.229. The number of carbonyl (C=O) groups is 1. The predicted octanol–water partition coefficient (Wildman–Crippen LogP) is 7.60. The molecule has 1 N–H and O–H groups in total. The summed E-state index contributed by atoms with van der Waals surface area (Å²) in [6, 6.07) is 12.7. The summed E-state index contributed by atoms with van der Waals surface area (Å²) in [6.45, 7) is 3.94. The van der Waals surface area contributed by atoms with Gasteiger partial charge in [0.1, 0.15) is 0 Å². The van der Waals surface area contributed by atoms with E-state index in [9.17, 15) is 4.79 Å². The Hall–Kier alpha value is -1.89. The van der Waals surface area contributed by atoms with E-state index >= 15 is 0 Å². The monoisotopic (exact) mass is 509 g/mol. The van der Waals surface area contributed by atoms with Crippen molar-refractivity contribution in [2.75, 3.05) is 0 Å². The molecule has 0 aliphatic carbocycles. The highest BCUT2D eigenvalue weighted by atomic mass is 35.5. The number of amidine groups is 1. The fourth-order valence-corrected chi connectivity index (χ4v) is 4.82. The maximum atomic E-state index is 12.5. The summed E-state index contributed by atoms with van der Waals surface area (Å²) in [4.78, 5) is 17.5. The van der Waals surface area contributed by atoms with Gasteiger partial charge in [0.25, 0.3) is 5.91 Å². The second-order valence-corrected chi connectivity index (χ2v) is 9.39. The molecule has 0 atom stereocenters. The van der Waals surface area contributed by atoms with Crippen molar-refractivity contribution in [3.05, 3.63) is 84.4 Å². The van der Waals surface area contributed by atoms with E-state index in [0.717, 1.165) is 22.6 Å². The van der Waals surface area contributed by atoms with Gasteiger partial charge in [0, 0.05) is 11.4 Å². The van der Waals surface area contributed by atoms with Crippen LogP contribution in [-0.4, -0.2) is 15.6 Å². The molecule has 3 aromatic rings. The highest BCUT2D eigenvalue weighted by Gasteiger charge is 2.25. The largest absolute Gasteiger partial charge is 0.316 e. The average molecular weight is 511 g/mol. The Kier molecular flexibility index (Phi) is 6.42. The van der Waals surface area contributed by atoms with Crippen molar-refractivity contribution in [3.63, 3.8) is 0 Å². The lowest BCUT2D eigenvalue weighted by molar-refractivity contribution is -0.115. The van der Waals surface area contributed by atoms with Crippen LogP contribution in [0.15, 0.2) is 52.4 Å². The van der Waals surface area contributed by atoms with E-state index in [-0.39, 0.29) is 5.91 Å². The van der Waals surface area contributed by atoms with Crippen molar-refractivity contribution in [2.45, 2.75) is 13.8 Å². The number of halogens is 4. The molecule has 1 aromatic heterocycles. The Balaban J connectivity index is 1.68. The van der Waals surface area contributed by atoms with Crippen LogP contribution >= 0.6 is 58.2 Å². The number of hydrogen-bond donors (Lipinski definition) is 1. The van der Waals surface area contributed by atoms with Crippen LogP contribution in [0.3, 0.4) is 0 Å². The summed E-state index contributed by atoms with van der Waals surface area (Å²) >= 11 is 26.1. The maximum Gasteiger partial charge on any atom is 0.264 e. The molecule has 0 unspecified atom stereocenters. The number of thioether (sulfide) groups is 1. The zero-order chi connectivity index (χ0) is 22.3. The van der Waals surface area contributed by atoms with Gasteiger partial charge >= 0.3 is 0 Å². The smallest absolute Gasteiger partial charge is 0.264 e. The molecule has 0 spiro atoms. The standard InChI is InChI=1S/C22H15Cl4N3OS/c1-11-9-13(12(2)29(11)17-8-4-6-15(24)20(17)26)10-18-21(30)28-22(31-18)27-16-7-3-5-14(23)19(16)25/h3-10H,1-2H3,(H,27,28,30)/b18-10+. The minimum atomic E-state index is -0.229. The molecule has 2 aromatic carbocycles. The van der Waals surface area contributed by atoms with E-state index in [1.807, 2.05) is 42.7 Å². The lowest BCUT2D eigenvalue weighted by Gasteiger charge is -2.12. The Morgan fingerprint density at radius 2 is 1.68 bits per heavy atom. The molecule has 1 aliphatic heterocycles. The number of nitrogens with zero attached hydrogens (tertiary/aromatic N) is 2. The van der Waals surface area contributed by atoms with Gasteiger partial charge in [0.15, 0.2) is 5.17 Å². The average Bonchev–Trinajstić information content (AvgIpc) is 3.20. The van der Waals surface area contributed by atoms with Gasteiger partial charge in [0.05, 0.1) is 36.4 Å². The van der Waals surface area contributed by atoms with E-state index in [4.69, 9.17) is 46.4 Å². The van der Waals surface area contributed by atoms with Gasteiger partial charge in [0.2, 0.25) is 0 Å². The van der Waals surface area contributed by atoms with Gasteiger partial charge < -0.3 is 9.88 Å². The van der Waals surface area contributed by atoms with Crippen LogP contribution in [0.2, 0.25) is 20.1 Å². The van der Waals surface area contributed by atoms with Crippen molar-refractivity contribution in [1.29, 1.82) is 0 Å². The van der Waals surface area contributed by atoms with Gasteiger partial charge in [-0.05, 0) is 67.6 Å². The minimum absolute atomic E-state index is 0.229. The fraction of sp³-hybridized carbons (Fsp3) is 0.0909. The Morgan fingerprint density at radius 1 is 1.00 bits per heavy atom. The zero-order valence-corrected chi connectivity index (χ0v) is 20.2. The van der Waals surface area contributed by atoms with Crippen LogP contribution < -0.4 is 5.32 Å². The number of amides is 1. The molecule has 31 heavy (non-hydrogen) atoms. The van der Waals surface area contributed by atoms with Crippen LogP contribution in [0.5, 0.6) is 0 Å². The first-order valence-corrected chi connectivity index (χ1v) is 11.5. The molecule has 0 radical (unpaired) electrons. The maximum absolute atomic E-state index is 12.5. The van der Waals surface area contributed by atoms with E-state index in [2.05, 4.69) is 10.3 Å². The first kappa shape index (κ1) is 22.3. The number of aliphatic imine (C=N–C) groups is 1. The SMILES string of the molecule is Cc1cc(/C=C2/SC(=Nc3cccc(Cl)c3Cl)NC2=O)c(C)n1-c1cccc(Cl)c1Cl. The third kappa shape index (κ3) is 4.38. The summed E-state index contributed by atoms with van der Waals surface area (Å²) in [5.41, 5.74) is 4.08. The van der Waals surface area contributed by atoms with Gasteiger partial charge in [-0.3, -0.25) is 4.79 Å². The molecule has 4 nitrogen and oxygen atoms in total.